The van der Waals surface area contributed by atoms with Crippen LogP contribution >= 0.6 is 11.3 Å². The Bertz CT molecular complexity index is 402. The molecular weight excluding hydrogens is 228 g/mol. The van der Waals surface area contributed by atoms with Gasteiger partial charge in [-0.1, -0.05) is 0 Å². The van der Waals surface area contributed by atoms with Crippen molar-refractivity contribution in [3.05, 3.63) is 11.1 Å². The van der Waals surface area contributed by atoms with Crippen molar-refractivity contribution in [3.8, 4) is 0 Å². The van der Waals surface area contributed by atoms with E-state index in [1.807, 2.05) is 0 Å². The number of aromatic nitrogens is 1. The highest BCUT2D eigenvalue weighted by molar-refractivity contribution is 7.13. The number of nitrogens with zero attached hydrogens (tertiary/aromatic N) is 2. The van der Waals surface area contributed by atoms with Gasteiger partial charge in [-0.15, -0.1) is 11.3 Å². The van der Waals surface area contributed by atoms with E-state index in [1.165, 1.54) is 16.2 Å². The monoisotopic (exact) mass is 242 g/mol. The highest BCUT2D eigenvalue weighted by Gasteiger charge is 2.22. The van der Waals surface area contributed by atoms with Gasteiger partial charge >= 0.3 is 0 Å². The lowest BCUT2D eigenvalue weighted by molar-refractivity contribution is -0.119. The molecule has 7 heteroatoms. The van der Waals surface area contributed by atoms with Crippen LogP contribution in [0, 0.1) is 0 Å². The molecule has 0 radical (unpaired) electrons. The first-order chi connectivity index (χ1) is 7.41. The Kier molecular flexibility index (Phi) is 3.83. The van der Waals surface area contributed by atoms with Crippen LogP contribution < -0.4 is 11.5 Å². The lowest BCUT2D eigenvalue weighted by Gasteiger charge is -2.24. The van der Waals surface area contributed by atoms with Crippen molar-refractivity contribution in [1.29, 1.82) is 0 Å². The fraction of sp³-hybridized carbons (Fsp3) is 0.444. The summed E-state index contributed by atoms with van der Waals surface area (Å²) in [6, 6.07) is -0.122. The molecule has 0 aliphatic rings. The van der Waals surface area contributed by atoms with Gasteiger partial charge in [-0.05, 0) is 13.8 Å². The Hall–Kier alpha value is -1.63. The Labute approximate surface area is 97.2 Å². The van der Waals surface area contributed by atoms with Gasteiger partial charge < -0.3 is 16.4 Å². The first-order valence-electron chi connectivity index (χ1n) is 4.72. The Morgan fingerprint density at radius 2 is 2.19 bits per heavy atom. The molecular formula is C9H14N4O2S. The maximum Gasteiger partial charge on any atom is 0.274 e. The molecule has 1 aromatic heterocycles. The topological polar surface area (TPSA) is 102 Å². The van der Waals surface area contributed by atoms with Crippen molar-refractivity contribution >= 4 is 28.3 Å². The number of nitrogens with two attached hydrogens (primary N) is 2. The minimum Gasteiger partial charge on any atom is -0.375 e. The van der Waals surface area contributed by atoms with E-state index in [2.05, 4.69) is 4.98 Å². The predicted molar refractivity (Wildman–Crippen MR) is 61.9 cm³/mol. The highest BCUT2D eigenvalue weighted by Crippen LogP contribution is 2.14. The Morgan fingerprint density at radius 3 is 2.56 bits per heavy atom. The minimum absolute atomic E-state index is 0.117. The summed E-state index contributed by atoms with van der Waals surface area (Å²) in [4.78, 5) is 28.0. The fourth-order valence-corrected chi connectivity index (χ4v) is 1.73. The molecule has 16 heavy (non-hydrogen) atoms. The average molecular weight is 242 g/mol. The molecule has 0 saturated carbocycles. The predicted octanol–water partition coefficient (Wildman–Crippen LogP) is 0.0612. The molecule has 0 fully saturated rings. The third-order valence-electron chi connectivity index (χ3n) is 1.95. The van der Waals surface area contributed by atoms with Crippen molar-refractivity contribution in [2.24, 2.45) is 5.73 Å². The van der Waals surface area contributed by atoms with Gasteiger partial charge in [0.2, 0.25) is 5.91 Å². The molecule has 0 saturated heterocycles. The Balaban J connectivity index is 2.87. The largest absolute Gasteiger partial charge is 0.375 e. The van der Waals surface area contributed by atoms with Crippen LogP contribution in [0.1, 0.15) is 24.3 Å². The second kappa shape index (κ2) is 4.93. The van der Waals surface area contributed by atoms with Crippen LogP contribution in [0.4, 0.5) is 5.13 Å². The molecule has 1 heterocycles. The molecule has 88 valence electrons. The summed E-state index contributed by atoms with van der Waals surface area (Å²) in [7, 11) is 0. The van der Waals surface area contributed by atoms with Crippen LogP contribution in [-0.2, 0) is 4.79 Å². The zero-order chi connectivity index (χ0) is 12.3. The molecule has 0 atom stereocenters. The van der Waals surface area contributed by atoms with E-state index in [0.717, 1.165) is 0 Å². The summed E-state index contributed by atoms with van der Waals surface area (Å²) in [5.41, 5.74) is 10.8. The quantitative estimate of drug-likeness (QED) is 0.779. The van der Waals surface area contributed by atoms with Gasteiger partial charge in [0, 0.05) is 11.4 Å². The zero-order valence-corrected chi connectivity index (χ0v) is 9.95. The van der Waals surface area contributed by atoms with E-state index in [1.54, 1.807) is 19.2 Å². The standard InChI is InChI=1S/C9H14N4O2S/c1-5(2)13(3-7(10)14)8(15)6-4-16-9(11)12-6/h4-5H,3H2,1-2H3,(H2,10,14)(H2,11,12). The van der Waals surface area contributed by atoms with Gasteiger partial charge in [0.1, 0.15) is 5.69 Å². The van der Waals surface area contributed by atoms with Crippen LogP contribution in [-0.4, -0.2) is 34.3 Å². The van der Waals surface area contributed by atoms with Crippen molar-refractivity contribution in [2.45, 2.75) is 19.9 Å². The van der Waals surface area contributed by atoms with E-state index in [4.69, 9.17) is 11.5 Å². The number of hydrogen-bond donors (Lipinski definition) is 2. The number of carbonyl (C=O) groups is 2. The molecule has 4 N–H and O–H groups in total. The zero-order valence-electron chi connectivity index (χ0n) is 9.14. The molecule has 0 spiro atoms. The van der Waals surface area contributed by atoms with Crippen LogP contribution in [0.5, 0.6) is 0 Å². The van der Waals surface area contributed by atoms with E-state index in [9.17, 15) is 9.59 Å². The summed E-state index contributed by atoms with van der Waals surface area (Å²) < 4.78 is 0. The summed E-state index contributed by atoms with van der Waals surface area (Å²) in [5.74, 6) is -0.882. The number of rotatable bonds is 4. The van der Waals surface area contributed by atoms with Crippen LogP contribution in [0.15, 0.2) is 5.38 Å². The van der Waals surface area contributed by atoms with Gasteiger partial charge in [0.15, 0.2) is 5.13 Å². The summed E-state index contributed by atoms with van der Waals surface area (Å²) in [5, 5.41) is 1.89. The van der Waals surface area contributed by atoms with Gasteiger partial charge in [-0.2, -0.15) is 0 Å². The highest BCUT2D eigenvalue weighted by atomic mass is 32.1. The van der Waals surface area contributed by atoms with E-state index < -0.39 is 5.91 Å². The number of carbonyl (C=O) groups excluding carboxylic acids is 2. The van der Waals surface area contributed by atoms with Crippen LogP contribution in [0.25, 0.3) is 0 Å². The minimum atomic E-state index is -0.551. The van der Waals surface area contributed by atoms with E-state index in [0.29, 0.717) is 5.13 Å². The van der Waals surface area contributed by atoms with Gasteiger partial charge in [0.25, 0.3) is 5.91 Å². The first-order valence-corrected chi connectivity index (χ1v) is 5.60. The maximum atomic E-state index is 11.9. The number of amides is 2. The van der Waals surface area contributed by atoms with Crippen molar-refractivity contribution in [2.75, 3.05) is 12.3 Å². The smallest absolute Gasteiger partial charge is 0.274 e. The van der Waals surface area contributed by atoms with Gasteiger partial charge in [-0.25, -0.2) is 4.98 Å². The summed E-state index contributed by atoms with van der Waals surface area (Å²) >= 11 is 1.18. The second-order valence-electron chi connectivity index (χ2n) is 3.56. The number of primary amides is 1. The molecule has 0 bridgehead atoms. The maximum absolute atomic E-state index is 11.9. The number of hydrogen-bond acceptors (Lipinski definition) is 5. The molecule has 6 nitrogen and oxygen atoms in total. The van der Waals surface area contributed by atoms with Gasteiger partial charge in [-0.3, -0.25) is 9.59 Å². The third kappa shape index (κ3) is 2.93. The SMILES string of the molecule is CC(C)N(CC(N)=O)C(=O)c1csc(N)n1. The molecule has 0 aromatic carbocycles. The van der Waals surface area contributed by atoms with Crippen LogP contribution in [0.3, 0.4) is 0 Å². The molecule has 0 unspecified atom stereocenters. The van der Waals surface area contributed by atoms with Crippen LogP contribution in [0.2, 0.25) is 0 Å². The first kappa shape index (κ1) is 12.4. The molecule has 0 aliphatic carbocycles. The Morgan fingerprint density at radius 1 is 1.56 bits per heavy atom. The van der Waals surface area contributed by atoms with Crippen molar-refractivity contribution in [1.82, 2.24) is 9.88 Å². The lowest BCUT2D eigenvalue weighted by atomic mass is 10.3. The molecule has 1 rings (SSSR count). The number of thiazole rings is 1. The van der Waals surface area contributed by atoms with E-state index in [-0.39, 0.29) is 24.2 Å². The average Bonchev–Trinajstić information content (AvgIpc) is 2.59. The number of anilines is 1. The second-order valence-corrected chi connectivity index (χ2v) is 4.45. The van der Waals surface area contributed by atoms with E-state index >= 15 is 0 Å². The lowest BCUT2D eigenvalue weighted by Crippen LogP contribution is -2.42. The summed E-state index contributed by atoms with van der Waals surface area (Å²) in [6.07, 6.45) is 0. The molecule has 2 amide bonds. The normalized spacial score (nSPS) is 10.4. The third-order valence-corrected chi connectivity index (χ3v) is 2.63. The molecule has 1 aromatic rings. The van der Waals surface area contributed by atoms with Crippen molar-refractivity contribution < 1.29 is 9.59 Å². The molecule has 0 aliphatic heterocycles. The summed E-state index contributed by atoms with van der Waals surface area (Å²) in [6.45, 7) is 3.49. The van der Waals surface area contributed by atoms with Crippen molar-refractivity contribution in [3.63, 3.8) is 0 Å². The number of nitrogen functional groups attached to an aromatic ring is 1. The fourth-order valence-electron chi connectivity index (χ4n) is 1.19. The van der Waals surface area contributed by atoms with Gasteiger partial charge in [0.05, 0.1) is 6.54 Å².